The Morgan fingerprint density at radius 2 is 0.659 bits per heavy atom. The van der Waals surface area contributed by atoms with Crippen LogP contribution in [0.5, 0.6) is 34.5 Å². The summed E-state index contributed by atoms with van der Waals surface area (Å²) in [5.41, 5.74) is 3.38. The summed E-state index contributed by atoms with van der Waals surface area (Å²) >= 11 is 0. The number of hydrogen-bond donors (Lipinski definition) is 6. The van der Waals surface area contributed by atoms with Gasteiger partial charge in [-0.15, -0.1) is 0 Å². The molecule has 0 amide bonds. The average Bonchev–Trinajstić information content (AvgIpc) is 3.02. The number of benzene rings is 5. The lowest BCUT2D eigenvalue weighted by molar-refractivity contribution is 0.457. The van der Waals surface area contributed by atoms with E-state index in [-0.39, 0.29) is 56.8 Å². The van der Waals surface area contributed by atoms with Crippen molar-refractivity contribution < 1.29 is 30.6 Å². The molecule has 0 fully saturated rings. The van der Waals surface area contributed by atoms with E-state index in [1.54, 1.807) is 48.5 Å². The van der Waals surface area contributed by atoms with Gasteiger partial charge in [0.05, 0.1) is 22.3 Å². The molecule has 0 heterocycles. The maximum Gasteiger partial charge on any atom is 0.147 e. The summed E-state index contributed by atoms with van der Waals surface area (Å²) in [7, 11) is 0. The largest absolute Gasteiger partial charge is 0.508 e. The Balaban J connectivity index is 1.38. The summed E-state index contributed by atoms with van der Waals surface area (Å²) in [5, 5.41) is 60.2. The highest BCUT2D eigenvalue weighted by Crippen LogP contribution is 2.27. The Bertz CT molecular complexity index is 2010. The molecule has 0 saturated heterocycles. The molecule has 0 aliphatic carbocycles. The topological polar surface area (TPSA) is 121 Å². The Morgan fingerprint density at radius 1 is 0.318 bits per heavy atom. The minimum atomic E-state index is -0.187. The lowest BCUT2D eigenvalue weighted by Gasteiger charge is -2.02. The van der Waals surface area contributed by atoms with Crippen LogP contribution in [0.2, 0.25) is 0 Å². The number of phenolic OH excluding ortho intramolecular Hbond substituents is 6. The Morgan fingerprint density at radius 3 is 1.05 bits per heavy atom. The second-order valence-corrected chi connectivity index (χ2v) is 9.45. The van der Waals surface area contributed by atoms with Gasteiger partial charge in [-0.3, -0.25) is 0 Å². The lowest BCUT2D eigenvalue weighted by atomic mass is 10.1. The minimum absolute atomic E-state index is 0.00665. The van der Waals surface area contributed by atoms with Crippen LogP contribution in [0.25, 0.3) is 0 Å². The summed E-state index contributed by atoms with van der Waals surface area (Å²) in [6.07, 6.45) is 0. The Kier molecular flexibility index (Phi) is 8.31. The highest BCUT2D eigenvalue weighted by Gasteiger charge is 2.07. The normalized spacial score (nSPS) is 9.64. The van der Waals surface area contributed by atoms with Gasteiger partial charge in [0.2, 0.25) is 0 Å². The molecule has 5 aromatic rings. The fourth-order valence-electron chi connectivity index (χ4n) is 3.97. The molecule has 210 valence electrons. The van der Waals surface area contributed by atoms with Crippen molar-refractivity contribution in [2.24, 2.45) is 0 Å². The maximum atomic E-state index is 10.8. The molecule has 6 nitrogen and oxygen atoms in total. The SMILES string of the molecule is Oc1ccc(O)c(C#Cc2cccc(C#Cc3cc(O)cc(C#Cc4cccc(C#Cc5cc(O)ccc5O)c4)c3O)c2)c1. The molecule has 44 heavy (non-hydrogen) atoms. The van der Waals surface area contributed by atoms with Gasteiger partial charge in [0.1, 0.15) is 34.5 Å². The standard InChI is InChI=1S/C38H22O6/c39-33-15-17-36(42)29(21-33)11-7-25-3-1-5-27(19-25)9-13-31-23-35(41)24-32(38(31)44)14-10-28-6-2-4-26(20-28)8-12-30-22-34(40)16-18-37(30)43/h1-6,15-24,39-44H. The summed E-state index contributed by atoms with van der Waals surface area (Å²) in [6.45, 7) is 0. The predicted octanol–water partition coefficient (Wildman–Crippen LogP) is 5.52. The van der Waals surface area contributed by atoms with Crippen LogP contribution in [-0.4, -0.2) is 30.6 Å². The summed E-state index contributed by atoms with van der Waals surface area (Å²) < 4.78 is 0. The van der Waals surface area contributed by atoms with E-state index in [4.69, 9.17) is 0 Å². The smallest absolute Gasteiger partial charge is 0.147 e. The zero-order valence-corrected chi connectivity index (χ0v) is 22.9. The fraction of sp³-hybridized carbons (Fsp3) is 0. The van der Waals surface area contributed by atoms with Crippen molar-refractivity contribution in [1.29, 1.82) is 0 Å². The maximum absolute atomic E-state index is 10.8. The van der Waals surface area contributed by atoms with Crippen LogP contribution in [0.4, 0.5) is 0 Å². The van der Waals surface area contributed by atoms with Gasteiger partial charge in [0, 0.05) is 22.3 Å². The van der Waals surface area contributed by atoms with Gasteiger partial charge < -0.3 is 30.6 Å². The van der Waals surface area contributed by atoms with E-state index < -0.39 is 0 Å². The van der Waals surface area contributed by atoms with Crippen molar-refractivity contribution in [1.82, 2.24) is 0 Å². The lowest BCUT2D eigenvalue weighted by Crippen LogP contribution is -1.85. The number of aromatic hydroxyl groups is 6. The van der Waals surface area contributed by atoms with Gasteiger partial charge >= 0.3 is 0 Å². The minimum Gasteiger partial charge on any atom is -0.508 e. The third kappa shape index (κ3) is 7.25. The van der Waals surface area contributed by atoms with Gasteiger partial charge in [-0.05, 0) is 84.9 Å². The molecule has 0 spiro atoms. The van der Waals surface area contributed by atoms with Gasteiger partial charge in [-0.25, -0.2) is 0 Å². The first-order valence-electron chi connectivity index (χ1n) is 13.1. The summed E-state index contributed by atoms with van der Waals surface area (Å²) in [4.78, 5) is 0. The number of rotatable bonds is 0. The van der Waals surface area contributed by atoms with Crippen molar-refractivity contribution in [3.05, 3.63) is 142 Å². The first kappa shape index (κ1) is 28.7. The molecular weight excluding hydrogens is 552 g/mol. The van der Waals surface area contributed by atoms with Crippen molar-refractivity contribution in [2.75, 3.05) is 0 Å². The van der Waals surface area contributed by atoms with Crippen molar-refractivity contribution >= 4 is 0 Å². The molecule has 5 rings (SSSR count). The fourth-order valence-corrected chi connectivity index (χ4v) is 3.97. The summed E-state index contributed by atoms with van der Waals surface area (Å²) in [5.74, 6) is 22.7. The molecule has 0 aromatic heterocycles. The van der Waals surface area contributed by atoms with Crippen molar-refractivity contribution in [2.45, 2.75) is 0 Å². The van der Waals surface area contributed by atoms with E-state index >= 15 is 0 Å². The van der Waals surface area contributed by atoms with E-state index in [1.807, 2.05) is 0 Å². The summed E-state index contributed by atoms with van der Waals surface area (Å²) in [6, 6.07) is 25.0. The van der Waals surface area contributed by atoms with E-state index in [0.29, 0.717) is 22.3 Å². The molecule has 0 bridgehead atoms. The van der Waals surface area contributed by atoms with Crippen LogP contribution >= 0.6 is 0 Å². The van der Waals surface area contributed by atoms with E-state index in [2.05, 4.69) is 47.4 Å². The molecular formula is C38H22O6. The molecule has 0 saturated carbocycles. The zero-order valence-electron chi connectivity index (χ0n) is 22.9. The Hall–Kier alpha value is -6.86. The molecule has 6 N–H and O–H groups in total. The van der Waals surface area contributed by atoms with Gasteiger partial charge in [0.25, 0.3) is 0 Å². The molecule has 0 aliphatic heterocycles. The molecule has 5 aromatic carbocycles. The molecule has 6 heteroatoms. The first-order valence-corrected chi connectivity index (χ1v) is 13.1. The third-order valence-corrected chi connectivity index (χ3v) is 6.15. The Labute approximate surface area is 253 Å². The quantitative estimate of drug-likeness (QED) is 0.107. The predicted molar refractivity (Wildman–Crippen MR) is 166 cm³/mol. The van der Waals surface area contributed by atoms with Crippen LogP contribution in [0.1, 0.15) is 44.5 Å². The second-order valence-electron chi connectivity index (χ2n) is 9.45. The molecule has 0 atom stereocenters. The van der Waals surface area contributed by atoms with Crippen molar-refractivity contribution in [3.63, 3.8) is 0 Å². The highest BCUT2D eigenvalue weighted by molar-refractivity contribution is 5.62. The monoisotopic (exact) mass is 574 g/mol. The van der Waals surface area contributed by atoms with Crippen molar-refractivity contribution in [3.8, 4) is 81.9 Å². The van der Waals surface area contributed by atoms with Crippen LogP contribution in [0, 0.1) is 47.4 Å². The van der Waals surface area contributed by atoms with Crippen LogP contribution in [-0.2, 0) is 0 Å². The molecule has 0 aliphatic rings. The number of hydrogen-bond acceptors (Lipinski definition) is 6. The second kappa shape index (κ2) is 12.8. The highest BCUT2D eigenvalue weighted by atomic mass is 16.3. The van der Waals surface area contributed by atoms with Crippen LogP contribution in [0.15, 0.2) is 97.1 Å². The van der Waals surface area contributed by atoms with E-state index in [0.717, 1.165) is 0 Å². The third-order valence-electron chi connectivity index (χ3n) is 6.15. The van der Waals surface area contributed by atoms with Crippen LogP contribution in [0.3, 0.4) is 0 Å². The average molecular weight is 575 g/mol. The van der Waals surface area contributed by atoms with Gasteiger partial charge in [-0.1, -0.05) is 59.5 Å². The van der Waals surface area contributed by atoms with E-state index in [9.17, 15) is 30.6 Å². The van der Waals surface area contributed by atoms with E-state index in [1.165, 1.54) is 48.5 Å². The van der Waals surface area contributed by atoms with Gasteiger partial charge in [-0.2, -0.15) is 0 Å². The molecule has 0 radical (unpaired) electrons. The number of phenols is 6. The van der Waals surface area contributed by atoms with Crippen LogP contribution < -0.4 is 0 Å². The van der Waals surface area contributed by atoms with Gasteiger partial charge in [0.15, 0.2) is 0 Å². The zero-order chi connectivity index (χ0) is 31.1. The molecule has 0 unspecified atom stereocenters. The first-order chi connectivity index (χ1) is 21.2.